The topological polar surface area (TPSA) is 59.9 Å². The van der Waals surface area contributed by atoms with Gasteiger partial charge in [0.05, 0.1) is 6.21 Å². The third-order valence-corrected chi connectivity index (χ3v) is 4.97. The Bertz CT molecular complexity index is 715. The minimum Gasteiger partial charge on any atom is -0.489 e. The molecule has 1 amide bonds. The molecule has 0 saturated carbocycles. The van der Waals surface area contributed by atoms with Gasteiger partial charge in [0.15, 0.2) is 6.10 Å². The number of carbonyl (C=O) groups is 1. The minimum absolute atomic E-state index is 0.313. The molecule has 0 bridgehead atoms. The van der Waals surface area contributed by atoms with E-state index in [1.165, 1.54) is 7.11 Å². The zero-order valence-electron chi connectivity index (χ0n) is 13.9. The number of benzene rings is 2. The van der Waals surface area contributed by atoms with Crippen molar-refractivity contribution in [2.75, 3.05) is 18.6 Å². The normalized spacial score (nSPS) is 15.6. The molecule has 1 atom stereocenters. The Kier molecular flexibility index (Phi) is 6.09. The highest BCUT2D eigenvalue weighted by molar-refractivity contribution is 8.00. The summed E-state index contributed by atoms with van der Waals surface area (Å²) in [5.74, 6) is 2.65. The molecule has 1 heterocycles. The SMILES string of the molecule is COC(C(=O)N/N=C/c1ccc(OC2CSC2)cc1)c1ccccc1. The largest absolute Gasteiger partial charge is 0.489 e. The van der Waals surface area contributed by atoms with Gasteiger partial charge in [-0.3, -0.25) is 4.79 Å². The molecule has 1 unspecified atom stereocenters. The van der Waals surface area contributed by atoms with Gasteiger partial charge in [-0.05, 0) is 35.4 Å². The molecule has 25 heavy (non-hydrogen) atoms. The van der Waals surface area contributed by atoms with Crippen molar-refractivity contribution >= 4 is 23.9 Å². The molecule has 0 spiro atoms. The lowest BCUT2D eigenvalue weighted by Gasteiger charge is -2.25. The second kappa shape index (κ2) is 8.69. The number of nitrogens with one attached hydrogen (secondary N) is 1. The number of hydrogen-bond acceptors (Lipinski definition) is 5. The first-order chi connectivity index (χ1) is 12.3. The molecule has 130 valence electrons. The Balaban J connectivity index is 1.53. The average molecular weight is 356 g/mol. The van der Waals surface area contributed by atoms with Gasteiger partial charge >= 0.3 is 0 Å². The van der Waals surface area contributed by atoms with Gasteiger partial charge in [0.25, 0.3) is 5.91 Å². The van der Waals surface area contributed by atoms with Crippen molar-refractivity contribution < 1.29 is 14.3 Å². The molecule has 1 aliphatic rings. The number of rotatable bonds is 7. The molecule has 1 aliphatic heterocycles. The van der Waals surface area contributed by atoms with Crippen LogP contribution in [0, 0.1) is 0 Å². The highest BCUT2D eigenvalue weighted by Gasteiger charge is 2.20. The number of nitrogens with zero attached hydrogens (tertiary/aromatic N) is 1. The predicted octanol–water partition coefficient (Wildman–Crippen LogP) is 3.02. The number of methoxy groups -OCH3 is 1. The predicted molar refractivity (Wildman–Crippen MR) is 100 cm³/mol. The maximum absolute atomic E-state index is 12.2. The molecule has 0 aliphatic carbocycles. The molecule has 3 rings (SSSR count). The number of amides is 1. The van der Waals surface area contributed by atoms with E-state index in [4.69, 9.17) is 9.47 Å². The molecule has 1 fully saturated rings. The maximum atomic E-state index is 12.2. The second-order valence-corrected chi connectivity index (χ2v) is 6.68. The molecular weight excluding hydrogens is 336 g/mol. The summed E-state index contributed by atoms with van der Waals surface area (Å²) in [6, 6.07) is 16.9. The van der Waals surface area contributed by atoms with Crippen LogP contribution in [0.3, 0.4) is 0 Å². The molecule has 0 radical (unpaired) electrons. The Hall–Kier alpha value is -2.31. The molecule has 6 heteroatoms. The van der Waals surface area contributed by atoms with Gasteiger partial charge in [0.1, 0.15) is 11.9 Å². The summed E-state index contributed by atoms with van der Waals surface area (Å²) in [6.45, 7) is 0. The van der Waals surface area contributed by atoms with E-state index in [2.05, 4.69) is 10.5 Å². The molecule has 0 aromatic heterocycles. The Labute approximate surface area is 151 Å². The van der Waals surface area contributed by atoms with E-state index >= 15 is 0 Å². The van der Waals surface area contributed by atoms with Gasteiger partial charge < -0.3 is 9.47 Å². The smallest absolute Gasteiger partial charge is 0.273 e. The number of thioether (sulfide) groups is 1. The van der Waals surface area contributed by atoms with Crippen LogP contribution >= 0.6 is 11.8 Å². The van der Waals surface area contributed by atoms with Crippen LogP contribution in [-0.4, -0.2) is 36.8 Å². The van der Waals surface area contributed by atoms with Crippen molar-refractivity contribution in [2.45, 2.75) is 12.2 Å². The molecule has 1 saturated heterocycles. The first kappa shape index (κ1) is 17.5. The van der Waals surface area contributed by atoms with Crippen molar-refractivity contribution in [3.63, 3.8) is 0 Å². The summed E-state index contributed by atoms with van der Waals surface area (Å²) in [7, 11) is 1.50. The van der Waals surface area contributed by atoms with Crippen molar-refractivity contribution in [1.82, 2.24) is 5.43 Å². The van der Waals surface area contributed by atoms with Crippen LogP contribution in [0.25, 0.3) is 0 Å². The van der Waals surface area contributed by atoms with E-state index in [-0.39, 0.29) is 5.91 Å². The lowest BCUT2D eigenvalue weighted by molar-refractivity contribution is -0.131. The fourth-order valence-corrected chi connectivity index (χ4v) is 2.92. The summed E-state index contributed by atoms with van der Waals surface area (Å²) < 4.78 is 11.1. The van der Waals surface area contributed by atoms with E-state index in [9.17, 15) is 4.79 Å². The van der Waals surface area contributed by atoms with Crippen LogP contribution in [-0.2, 0) is 9.53 Å². The van der Waals surface area contributed by atoms with E-state index in [1.54, 1.807) is 6.21 Å². The van der Waals surface area contributed by atoms with Crippen molar-refractivity contribution in [3.05, 3.63) is 65.7 Å². The van der Waals surface area contributed by atoms with Crippen molar-refractivity contribution in [2.24, 2.45) is 5.10 Å². The zero-order valence-corrected chi connectivity index (χ0v) is 14.7. The monoisotopic (exact) mass is 356 g/mol. The standard InChI is InChI=1S/C19H20N2O3S/c1-23-18(15-5-3-2-4-6-15)19(22)21-20-11-14-7-9-16(10-8-14)24-17-12-25-13-17/h2-11,17-18H,12-13H2,1H3,(H,21,22)/b20-11+. The molecular formula is C19H20N2O3S. The second-order valence-electron chi connectivity index (χ2n) is 5.61. The molecule has 1 N–H and O–H groups in total. The van der Waals surface area contributed by atoms with Crippen LogP contribution in [0.5, 0.6) is 5.75 Å². The van der Waals surface area contributed by atoms with Gasteiger partial charge in [-0.1, -0.05) is 30.3 Å². The summed E-state index contributed by atoms with van der Waals surface area (Å²) in [5, 5.41) is 4.01. The fraction of sp³-hybridized carbons (Fsp3) is 0.263. The summed E-state index contributed by atoms with van der Waals surface area (Å²) in [5.41, 5.74) is 4.18. The Morgan fingerprint density at radius 3 is 2.52 bits per heavy atom. The maximum Gasteiger partial charge on any atom is 0.273 e. The lowest BCUT2D eigenvalue weighted by Crippen LogP contribution is -2.30. The number of ether oxygens (including phenoxy) is 2. The van der Waals surface area contributed by atoms with E-state index in [1.807, 2.05) is 66.4 Å². The zero-order chi connectivity index (χ0) is 17.5. The van der Waals surface area contributed by atoms with Gasteiger partial charge in [-0.2, -0.15) is 16.9 Å². The van der Waals surface area contributed by atoms with Gasteiger partial charge in [0.2, 0.25) is 0 Å². The third kappa shape index (κ3) is 4.84. The van der Waals surface area contributed by atoms with Crippen LogP contribution in [0.2, 0.25) is 0 Å². The molecule has 5 nitrogen and oxygen atoms in total. The summed E-state index contributed by atoms with van der Waals surface area (Å²) >= 11 is 1.89. The molecule has 2 aromatic carbocycles. The summed E-state index contributed by atoms with van der Waals surface area (Å²) in [4.78, 5) is 12.2. The Morgan fingerprint density at radius 1 is 1.20 bits per heavy atom. The van der Waals surface area contributed by atoms with Crippen LogP contribution in [0.1, 0.15) is 17.2 Å². The summed E-state index contributed by atoms with van der Waals surface area (Å²) in [6.07, 6.45) is 1.24. The van der Waals surface area contributed by atoms with E-state index < -0.39 is 6.10 Å². The van der Waals surface area contributed by atoms with Crippen LogP contribution in [0.4, 0.5) is 0 Å². The van der Waals surface area contributed by atoms with E-state index in [0.29, 0.717) is 6.10 Å². The average Bonchev–Trinajstić information content (AvgIpc) is 2.61. The quantitative estimate of drug-likeness (QED) is 0.612. The lowest BCUT2D eigenvalue weighted by atomic mass is 10.1. The van der Waals surface area contributed by atoms with E-state index in [0.717, 1.165) is 28.4 Å². The van der Waals surface area contributed by atoms with Crippen LogP contribution in [0.15, 0.2) is 59.7 Å². The first-order valence-electron chi connectivity index (χ1n) is 8.01. The van der Waals surface area contributed by atoms with Crippen molar-refractivity contribution in [1.29, 1.82) is 0 Å². The van der Waals surface area contributed by atoms with Gasteiger partial charge in [0, 0.05) is 18.6 Å². The Morgan fingerprint density at radius 2 is 1.92 bits per heavy atom. The van der Waals surface area contributed by atoms with Crippen LogP contribution < -0.4 is 10.2 Å². The third-order valence-electron chi connectivity index (χ3n) is 3.75. The number of hydrazone groups is 1. The number of carbonyl (C=O) groups excluding carboxylic acids is 1. The first-order valence-corrected chi connectivity index (χ1v) is 9.17. The molecule has 2 aromatic rings. The highest BCUT2D eigenvalue weighted by Crippen LogP contribution is 2.23. The van der Waals surface area contributed by atoms with Crippen molar-refractivity contribution in [3.8, 4) is 5.75 Å². The van der Waals surface area contributed by atoms with Gasteiger partial charge in [-0.15, -0.1) is 0 Å². The number of hydrogen-bond donors (Lipinski definition) is 1. The highest BCUT2D eigenvalue weighted by atomic mass is 32.2. The minimum atomic E-state index is -0.686. The fourth-order valence-electron chi connectivity index (χ4n) is 2.36. The van der Waals surface area contributed by atoms with Gasteiger partial charge in [-0.25, -0.2) is 5.43 Å².